The van der Waals surface area contributed by atoms with E-state index in [1.165, 1.54) is 0 Å². The third-order valence-corrected chi connectivity index (χ3v) is 6.52. The molecule has 198 valence electrons. The molecule has 0 atom stereocenters. The van der Waals surface area contributed by atoms with E-state index in [9.17, 15) is 4.79 Å². The molecule has 0 unspecified atom stereocenters. The molecular formula is C35H31N2O3+. The number of benzene rings is 5. The van der Waals surface area contributed by atoms with Gasteiger partial charge in [-0.05, 0) is 24.3 Å². The first kappa shape index (κ1) is 26.5. The van der Waals surface area contributed by atoms with E-state index < -0.39 is 5.97 Å². The van der Waals surface area contributed by atoms with E-state index in [1.807, 2.05) is 54.6 Å². The average Bonchev–Trinajstić information content (AvgIpc) is 3.03. The molecule has 5 nitrogen and oxygen atoms in total. The molecule has 0 radical (unpaired) electrons. The van der Waals surface area contributed by atoms with Crippen molar-refractivity contribution in [3.63, 3.8) is 0 Å². The van der Waals surface area contributed by atoms with Gasteiger partial charge in [0.25, 0.3) is 0 Å². The van der Waals surface area contributed by atoms with Gasteiger partial charge >= 0.3 is 5.97 Å². The fourth-order valence-corrected chi connectivity index (χ4v) is 4.86. The number of hydrogen-bond acceptors (Lipinski definition) is 4. The minimum atomic E-state index is -0.469. The molecule has 5 aromatic rings. The molecule has 0 saturated carbocycles. The van der Waals surface area contributed by atoms with Crippen molar-refractivity contribution in [3.8, 4) is 5.75 Å². The lowest BCUT2D eigenvalue weighted by Gasteiger charge is -2.45. The Morgan fingerprint density at radius 3 is 1.60 bits per heavy atom. The van der Waals surface area contributed by atoms with E-state index in [-0.39, 0.29) is 17.8 Å². The number of rotatable bonds is 11. The number of carbonyl (C=O) groups is 1. The van der Waals surface area contributed by atoms with Crippen molar-refractivity contribution in [1.29, 1.82) is 0 Å². The topological polar surface area (TPSA) is 38.8 Å². The largest absolute Gasteiger partial charge is 0.490 e. The third kappa shape index (κ3) is 5.51. The van der Waals surface area contributed by atoms with Crippen molar-refractivity contribution < 1.29 is 14.3 Å². The zero-order chi connectivity index (χ0) is 27.6. The highest BCUT2D eigenvalue weighted by Crippen LogP contribution is 2.50. The van der Waals surface area contributed by atoms with Crippen molar-refractivity contribution >= 4 is 34.4 Å². The summed E-state index contributed by atoms with van der Waals surface area (Å²) in [5, 5.41) is 2.31. The van der Waals surface area contributed by atoms with Gasteiger partial charge in [0.15, 0.2) is 17.1 Å². The number of para-hydroxylation sites is 4. The van der Waals surface area contributed by atoms with Crippen LogP contribution in [-0.2, 0) is 9.53 Å². The van der Waals surface area contributed by atoms with Crippen LogP contribution < -0.4 is 14.3 Å². The molecule has 0 aliphatic carbocycles. The molecule has 5 heteroatoms. The van der Waals surface area contributed by atoms with Crippen molar-refractivity contribution in [1.82, 2.24) is 4.59 Å². The molecule has 0 amide bonds. The van der Waals surface area contributed by atoms with Gasteiger partial charge in [0, 0.05) is 48.5 Å². The molecule has 40 heavy (non-hydrogen) atoms. The Bertz CT molecular complexity index is 1430. The summed E-state index contributed by atoms with van der Waals surface area (Å²) in [6, 6.07) is 49.8. The molecule has 5 rings (SSSR count). The number of carbonyl (C=O) groups excluding carboxylic acids is 1. The number of quaternary nitrogens is 1. The smallest absolute Gasteiger partial charge is 0.330 e. The molecule has 0 spiro atoms. The molecule has 0 N–H and O–H groups in total. The highest BCUT2D eigenvalue weighted by atomic mass is 16.6. The maximum absolute atomic E-state index is 11.4. The number of anilines is 2. The maximum atomic E-state index is 11.4. The van der Waals surface area contributed by atoms with Crippen LogP contribution in [0.15, 0.2) is 158 Å². The van der Waals surface area contributed by atoms with Crippen LogP contribution in [0.2, 0.25) is 0 Å². The standard InChI is InChI=1S/C35H31N2O3/c1-2-35(38)40-27-26-39-34-25-15-18-30(28-34)36(29-16-7-3-8-17-29)37(31-19-9-4-10-20-31,32-21-11-5-12-22-32)33-23-13-6-14-24-33/h2-25,28H,1,26-27H2/q+1. The van der Waals surface area contributed by atoms with Crippen LogP contribution in [0.25, 0.3) is 0 Å². The van der Waals surface area contributed by atoms with Crippen LogP contribution in [0.1, 0.15) is 0 Å². The molecule has 0 fully saturated rings. The second-order valence-corrected chi connectivity index (χ2v) is 9.01. The van der Waals surface area contributed by atoms with Gasteiger partial charge in [-0.25, -0.2) is 4.79 Å². The van der Waals surface area contributed by atoms with Crippen molar-refractivity contribution in [2.75, 3.05) is 18.2 Å². The van der Waals surface area contributed by atoms with Gasteiger partial charge in [0.05, 0.1) is 11.4 Å². The third-order valence-electron chi connectivity index (χ3n) is 6.52. The van der Waals surface area contributed by atoms with Gasteiger partial charge in [-0.2, -0.15) is 5.01 Å². The second kappa shape index (κ2) is 12.6. The van der Waals surface area contributed by atoms with E-state index in [0.29, 0.717) is 5.75 Å². The molecule has 0 aromatic heterocycles. The van der Waals surface area contributed by atoms with E-state index in [0.717, 1.165) is 34.5 Å². The van der Waals surface area contributed by atoms with E-state index in [2.05, 4.69) is 103 Å². The summed E-state index contributed by atoms with van der Waals surface area (Å²) in [4.78, 5) is 11.4. The lowest BCUT2D eigenvalue weighted by atomic mass is 10.1. The summed E-state index contributed by atoms with van der Waals surface area (Å²) in [7, 11) is 0. The number of nitrogens with zero attached hydrogens (tertiary/aromatic N) is 2. The minimum Gasteiger partial charge on any atom is -0.490 e. The molecule has 0 aliphatic rings. The normalized spacial score (nSPS) is 10.9. The van der Waals surface area contributed by atoms with Crippen LogP contribution >= 0.6 is 0 Å². The first-order valence-electron chi connectivity index (χ1n) is 13.2. The van der Waals surface area contributed by atoms with E-state index in [1.54, 1.807) is 0 Å². The Labute approximate surface area is 235 Å². The van der Waals surface area contributed by atoms with Crippen LogP contribution in [0.5, 0.6) is 5.75 Å². The van der Waals surface area contributed by atoms with Crippen LogP contribution in [0, 0.1) is 0 Å². The summed E-state index contributed by atoms with van der Waals surface area (Å²) < 4.78 is 11.4. The lowest BCUT2D eigenvalue weighted by molar-refractivity contribution is -0.138. The zero-order valence-electron chi connectivity index (χ0n) is 22.2. The van der Waals surface area contributed by atoms with Crippen molar-refractivity contribution in [2.24, 2.45) is 0 Å². The Morgan fingerprint density at radius 2 is 1.10 bits per heavy atom. The van der Waals surface area contributed by atoms with Gasteiger partial charge < -0.3 is 9.47 Å². The average molecular weight is 528 g/mol. The van der Waals surface area contributed by atoms with Gasteiger partial charge in [0.2, 0.25) is 0 Å². The Morgan fingerprint density at radius 1 is 0.625 bits per heavy atom. The van der Waals surface area contributed by atoms with Crippen LogP contribution in [0.4, 0.5) is 28.4 Å². The van der Waals surface area contributed by atoms with Gasteiger partial charge in [0.1, 0.15) is 19.0 Å². The summed E-state index contributed by atoms with van der Waals surface area (Å²) in [6.07, 6.45) is 1.15. The number of ether oxygens (including phenoxy) is 2. The zero-order valence-corrected chi connectivity index (χ0v) is 22.2. The maximum Gasteiger partial charge on any atom is 0.330 e. The number of esters is 1. The fourth-order valence-electron chi connectivity index (χ4n) is 4.86. The minimum absolute atomic E-state index is 0.134. The van der Waals surface area contributed by atoms with Gasteiger partial charge in [-0.15, -0.1) is 4.59 Å². The second-order valence-electron chi connectivity index (χ2n) is 9.01. The SMILES string of the molecule is C=CC(=O)OCCOc1cccc(N(c2ccccc2)[N+](c2ccccc2)(c2ccccc2)c2ccccc2)c1. The first-order valence-corrected chi connectivity index (χ1v) is 13.2. The summed E-state index contributed by atoms with van der Waals surface area (Å²) in [5.74, 6) is 0.198. The van der Waals surface area contributed by atoms with Crippen molar-refractivity contribution in [3.05, 3.63) is 158 Å². The van der Waals surface area contributed by atoms with Gasteiger partial charge in [-0.1, -0.05) is 85.4 Å². The molecule has 0 heterocycles. The first-order chi connectivity index (χ1) is 19.7. The molecule has 5 aromatic carbocycles. The fraction of sp³-hybridized carbons (Fsp3) is 0.0571. The summed E-state index contributed by atoms with van der Waals surface area (Å²) >= 11 is 0. The highest BCUT2D eigenvalue weighted by molar-refractivity contribution is 5.82. The predicted octanol–water partition coefficient (Wildman–Crippen LogP) is 8.52. The van der Waals surface area contributed by atoms with Crippen LogP contribution in [-0.4, -0.2) is 19.2 Å². The van der Waals surface area contributed by atoms with Gasteiger partial charge in [-0.3, -0.25) is 0 Å². The number of hydrogen-bond donors (Lipinski definition) is 0. The lowest BCUT2D eigenvalue weighted by Crippen LogP contribution is -2.52. The Hall–Kier alpha value is -5.13. The highest BCUT2D eigenvalue weighted by Gasteiger charge is 2.44. The summed E-state index contributed by atoms with van der Waals surface area (Å²) in [5.41, 5.74) is 5.10. The monoisotopic (exact) mass is 527 g/mol. The predicted molar refractivity (Wildman–Crippen MR) is 162 cm³/mol. The molecule has 0 saturated heterocycles. The van der Waals surface area contributed by atoms with Crippen LogP contribution in [0.3, 0.4) is 0 Å². The van der Waals surface area contributed by atoms with E-state index in [4.69, 9.17) is 9.47 Å². The summed E-state index contributed by atoms with van der Waals surface area (Å²) in [6.45, 7) is 3.79. The Kier molecular flexibility index (Phi) is 8.35. The Balaban J connectivity index is 1.72. The van der Waals surface area contributed by atoms with E-state index >= 15 is 0 Å². The molecule has 0 bridgehead atoms. The van der Waals surface area contributed by atoms with Crippen molar-refractivity contribution in [2.45, 2.75) is 0 Å². The quantitative estimate of drug-likeness (QED) is 0.0567. The molecule has 0 aliphatic heterocycles. The molecular weight excluding hydrogens is 496 g/mol.